The van der Waals surface area contributed by atoms with Crippen molar-refractivity contribution in [3.8, 4) is 0 Å². The van der Waals surface area contributed by atoms with E-state index in [9.17, 15) is 4.57 Å². The number of hydrogen-bond donors (Lipinski definition) is 2. The van der Waals surface area contributed by atoms with E-state index in [1.54, 1.807) is 0 Å². The molecule has 0 amide bonds. The Bertz CT molecular complexity index is 384. The monoisotopic (exact) mass is 406 g/mol. The molecule has 0 aromatic carbocycles. The fourth-order valence-corrected chi connectivity index (χ4v) is 4.02. The van der Waals surface area contributed by atoms with Crippen LogP contribution < -0.4 is 0 Å². The molecule has 162 valence electrons. The molecule has 1 fully saturated rings. The third kappa shape index (κ3) is 15.6. The number of nitrogens with zero attached hydrogens (tertiary/aromatic N) is 2. The van der Waals surface area contributed by atoms with E-state index in [0.29, 0.717) is 6.54 Å². The predicted octanol–water partition coefficient (Wildman–Crippen LogP) is 4.41. The molecule has 0 atom stereocenters. The molecule has 0 aromatic heterocycles. The van der Waals surface area contributed by atoms with Crippen LogP contribution in [0.25, 0.3) is 0 Å². The summed E-state index contributed by atoms with van der Waals surface area (Å²) >= 11 is 0. The Morgan fingerprint density at radius 1 is 0.704 bits per heavy atom. The minimum atomic E-state index is -4.32. The Labute approximate surface area is 166 Å². The largest absolute Gasteiger partial charge is 0.469 e. The van der Waals surface area contributed by atoms with Crippen molar-refractivity contribution in [1.29, 1.82) is 0 Å². The SMILES string of the molecule is CCCCCCCCCCCCCCN1CCN(CCOP(=O)(O)O)CC1. The number of phosphoric acid groups is 1. The maximum absolute atomic E-state index is 10.7. The second-order valence-electron chi connectivity index (χ2n) is 7.90. The molecule has 0 saturated carbocycles. The van der Waals surface area contributed by atoms with Crippen molar-refractivity contribution in [1.82, 2.24) is 9.80 Å². The summed E-state index contributed by atoms with van der Waals surface area (Å²) in [5.41, 5.74) is 0. The summed E-state index contributed by atoms with van der Waals surface area (Å²) in [5.74, 6) is 0. The van der Waals surface area contributed by atoms with Crippen molar-refractivity contribution in [2.75, 3.05) is 45.9 Å². The molecular weight excluding hydrogens is 363 g/mol. The van der Waals surface area contributed by atoms with Crippen molar-refractivity contribution in [3.05, 3.63) is 0 Å². The topological polar surface area (TPSA) is 73.2 Å². The van der Waals surface area contributed by atoms with E-state index in [-0.39, 0.29) is 6.61 Å². The summed E-state index contributed by atoms with van der Waals surface area (Å²) in [6.07, 6.45) is 16.7. The first-order valence-electron chi connectivity index (χ1n) is 11.2. The van der Waals surface area contributed by atoms with Crippen molar-refractivity contribution < 1.29 is 18.9 Å². The van der Waals surface area contributed by atoms with Crippen molar-refractivity contribution in [2.45, 2.75) is 84.0 Å². The zero-order valence-electron chi connectivity index (χ0n) is 17.5. The number of piperazine rings is 1. The molecule has 0 radical (unpaired) electrons. The van der Waals surface area contributed by atoms with E-state index >= 15 is 0 Å². The lowest BCUT2D eigenvalue weighted by atomic mass is 10.1. The Balaban J connectivity index is 1.84. The van der Waals surface area contributed by atoms with E-state index < -0.39 is 7.82 Å². The molecule has 0 aliphatic carbocycles. The molecule has 1 rings (SSSR count). The third-order valence-electron chi connectivity index (χ3n) is 5.46. The van der Waals surface area contributed by atoms with Crippen molar-refractivity contribution in [2.24, 2.45) is 0 Å². The average Bonchev–Trinajstić information content (AvgIpc) is 2.63. The second-order valence-corrected chi connectivity index (χ2v) is 9.14. The highest BCUT2D eigenvalue weighted by molar-refractivity contribution is 7.46. The van der Waals surface area contributed by atoms with E-state index in [2.05, 4.69) is 21.2 Å². The molecule has 0 unspecified atom stereocenters. The molecule has 1 saturated heterocycles. The zero-order chi connectivity index (χ0) is 19.8. The standard InChI is InChI=1S/C20H43N2O4P/c1-2-3-4-5-6-7-8-9-10-11-12-13-14-21-15-17-22(18-16-21)19-20-26-27(23,24)25/h2-20H2,1H3,(H2,23,24,25). The number of phosphoric ester groups is 1. The smallest absolute Gasteiger partial charge is 0.303 e. The molecule has 0 spiro atoms. The number of unbranched alkanes of at least 4 members (excludes halogenated alkanes) is 11. The van der Waals surface area contributed by atoms with Crippen LogP contribution in [-0.4, -0.2) is 65.5 Å². The van der Waals surface area contributed by atoms with Crippen LogP contribution in [0.1, 0.15) is 84.0 Å². The van der Waals surface area contributed by atoms with Gasteiger partial charge < -0.3 is 14.7 Å². The second kappa shape index (κ2) is 15.9. The highest BCUT2D eigenvalue weighted by Crippen LogP contribution is 2.35. The highest BCUT2D eigenvalue weighted by Gasteiger charge is 2.18. The number of rotatable bonds is 17. The lowest BCUT2D eigenvalue weighted by Gasteiger charge is -2.34. The van der Waals surface area contributed by atoms with Gasteiger partial charge in [-0.25, -0.2) is 4.57 Å². The van der Waals surface area contributed by atoms with Gasteiger partial charge in [0.1, 0.15) is 0 Å². The maximum Gasteiger partial charge on any atom is 0.469 e. The first-order valence-corrected chi connectivity index (χ1v) is 12.7. The van der Waals surface area contributed by atoms with Crippen LogP contribution in [0.5, 0.6) is 0 Å². The normalized spacial score (nSPS) is 16.9. The summed E-state index contributed by atoms with van der Waals surface area (Å²) in [6.45, 7) is 8.17. The van der Waals surface area contributed by atoms with Gasteiger partial charge in [0.05, 0.1) is 6.61 Å². The van der Waals surface area contributed by atoms with E-state index in [0.717, 1.165) is 26.2 Å². The van der Waals surface area contributed by atoms with Crippen molar-refractivity contribution in [3.63, 3.8) is 0 Å². The molecule has 1 aliphatic rings. The minimum absolute atomic E-state index is 0.100. The van der Waals surface area contributed by atoms with Crippen LogP contribution in [0.3, 0.4) is 0 Å². The molecule has 0 bridgehead atoms. The summed E-state index contributed by atoms with van der Waals surface area (Å²) in [5, 5.41) is 0. The molecule has 6 nitrogen and oxygen atoms in total. The fourth-order valence-electron chi connectivity index (χ4n) is 3.70. The van der Waals surface area contributed by atoms with Gasteiger partial charge in [-0.2, -0.15) is 0 Å². The summed E-state index contributed by atoms with van der Waals surface area (Å²) in [6, 6.07) is 0. The van der Waals surface area contributed by atoms with Crippen LogP contribution in [0.2, 0.25) is 0 Å². The Kier molecular flexibility index (Phi) is 14.8. The molecular formula is C20H43N2O4P. The van der Waals surface area contributed by atoms with Gasteiger partial charge in [0.25, 0.3) is 0 Å². The first-order chi connectivity index (χ1) is 13.0. The summed E-state index contributed by atoms with van der Waals surface area (Å²) in [4.78, 5) is 22.1. The average molecular weight is 407 g/mol. The molecule has 27 heavy (non-hydrogen) atoms. The van der Waals surface area contributed by atoms with E-state index in [1.165, 1.54) is 83.6 Å². The van der Waals surface area contributed by atoms with Gasteiger partial charge in [0.15, 0.2) is 0 Å². The molecule has 0 aromatic rings. The Morgan fingerprint density at radius 2 is 1.11 bits per heavy atom. The van der Waals surface area contributed by atoms with Gasteiger partial charge >= 0.3 is 7.82 Å². The van der Waals surface area contributed by atoms with Gasteiger partial charge in [-0.1, -0.05) is 77.6 Å². The minimum Gasteiger partial charge on any atom is -0.303 e. The van der Waals surface area contributed by atoms with E-state index in [4.69, 9.17) is 9.79 Å². The molecule has 2 N–H and O–H groups in total. The highest BCUT2D eigenvalue weighted by atomic mass is 31.2. The van der Waals surface area contributed by atoms with Crippen LogP contribution >= 0.6 is 7.82 Å². The summed E-state index contributed by atoms with van der Waals surface area (Å²) in [7, 11) is -4.32. The lowest BCUT2D eigenvalue weighted by molar-refractivity contribution is 0.106. The van der Waals surface area contributed by atoms with Gasteiger partial charge in [-0.15, -0.1) is 0 Å². The molecule has 1 heterocycles. The van der Waals surface area contributed by atoms with Crippen LogP contribution in [0.15, 0.2) is 0 Å². The van der Waals surface area contributed by atoms with Gasteiger partial charge in [-0.05, 0) is 13.0 Å². The third-order valence-corrected chi connectivity index (χ3v) is 5.98. The fraction of sp³-hybridized carbons (Fsp3) is 1.00. The van der Waals surface area contributed by atoms with Crippen molar-refractivity contribution >= 4 is 7.82 Å². The Morgan fingerprint density at radius 3 is 1.56 bits per heavy atom. The maximum atomic E-state index is 10.7. The van der Waals surface area contributed by atoms with Crippen LogP contribution in [-0.2, 0) is 9.09 Å². The quantitative estimate of drug-likeness (QED) is 0.275. The van der Waals surface area contributed by atoms with Gasteiger partial charge in [0, 0.05) is 32.7 Å². The van der Waals surface area contributed by atoms with Crippen LogP contribution in [0.4, 0.5) is 0 Å². The van der Waals surface area contributed by atoms with Gasteiger partial charge in [-0.3, -0.25) is 9.42 Å². The van der Waals surface area contributed by atoms with Gasteiger partial charge in [0.2, 0.25) is 0 Å². The zero-order valence-corrected chi connectivity index (χ0v) is 18.4. The summed E-state index contributed by atoms with van der Waals surface area (Å²) < 4.78 is 15.2. The molecule has 1 aliphatic heterocycles. The Hall–Kier alpha value is 0.0300. The number of hydrogen-bond acceptors (Lipinski definition) is 4. The van der Waals surface area contributed by atoms with Crippen LogP contribution in [0, 0.1) is 0 Å². The van der Waals surface area contributed by atoms with E-state index in [1.807, 2.05) is 0 Å². The predicted molar refractivity (Wildman–Crippen MR) is 112 cm³/mol. The molecule has 7 heteroatoms. The first kappa shape index (κ1) is 25.1. The lowest BCUT2D eigenvalue weighted by Crippen LogP contribution is -2.47.